The van der Waals surface area contributed by atoms with Crippen molar-refractivity contribution in [1.29, 1.82) is 0 Å². The van der Waals surface area contributed by atoms with E-state index in [1.54, 1.807) is 7.11 Å². The highest BCUT2D eigenvalue weighted by Crippen LogP contribution is 2.09. The Morgan fingerprint density at radius 3 is 2.53 bits per heavy atom. The van der Waals surface area contributed by atoms with E-state index in [9.17, 15) is 4.79 Å². The molecule has 0 radical (unpaired) electrons. The van der Waals surface area contributed by atoms with E-state index in [1.807, 2.05) is 24.3 Å². The lowest BCUT2D eigenvalue weighted by molar-refractivity contribution is 0.0950. The summed E-state index contributed by atoms with van der Waals surface area (Å²) in [4.78, 5) is 12.0. The number of rotatable bonds is 7. The third-order valence-electron chi connectivity index (χ3n) is 2.85. The van der Waals surface area contributed by atoms with Gasteiger partial charge < -0.3 is 10.5 Å². The number of ketones is 1. The Hall–Kier alpha value is -1.19. The zero-order chi connectivity index (χ0) is 12.7. The average Bonchev–Trinajstić information content (AvgIpc) is 2.38. The first-order valence-electron chi connectivity index (χ1n) is 6.06. The van der Waals surface area contributed by atoms with Crippen molar-refractivity contribution < 1.29 is 9.53 Å². The molecule has 0 aliphatic heterocycles. The summed E-state index contributed by atoms with van der Waals surface area (Å²) in [5.41, 5.74) is 7.79. The van der Waals surface area contributed by atoms with Gasteiger partial charge in [-0.25, -0.2) is 0 Å². The van der Waals surface area contributed by atoms with Gasteiger partial charge in [-0.1, -0.05) is 31.2 Å². The molecule has 0 heterocycles. The van der Waals surface area contributed by atoms with Crippen molar-refractivity contribution in [2.45, 2.75) is 32.2 Å². The highest BCUT2D eigenvalue weighted by Gasteiger charge is 2.14. The van der Waals surface area contributed by atoms with Crippen LogP contribution in [-0.2, 0) is 11.2 Å². The topological polar surface area (TPSA) is 52.3 Å². The maximum atomic E-state index is 12.0. The lowest BCUT2D eigenvalue weighted by Crippen LogP contribution is -2.30. The molecule has 0 aliphatic rings. The van der Waals surface area contributed by atoms with Crippen LogP contribution < -0.4 is 5.73 Å². The molecule has 1 rings (SSSR count). The van der Waals surface area contributed by atoms with Crippen LogP contribution >= 0.6 is 0 Å². The smallest absolute Gasteiger partial charge is 0.179 e. The fourth-order valence-electron chi connectivity index (χ4n) is 1.70. The molecule has 0 fully saturated rings. The van der Waals surface area contributed by atoms with E-state index in [1.165, 1.54) is 5.56 Å². The van der Waals surface area contributed by atoms with Crippen molar-refractivity contribution in [2.24, 2.45) is 5.73 Å². The van der Waals surface area contributed by atoms with Crippen LogP contribution in [0.4, 0.5) is 0 Å². The summed E-state index contributed by atoms with van der Waals surface area (Å²) in [5, 5.41) is 0. The Bertz CT molecular complexity index is 346. The highest BCUT2D eigenvalue weighted by molar-refractivity contribution is 5.99. The lowest BCUT2D eigenvalue weighted by Gasteiger charge is -2.10. The number of aryl methyl sites for hydroxylation is 1. The molecule has 3 nitrogen and oxygen atoms in total. The van der Waals surface area contributed by atoms with Gasteiger partial charge >= 0.3 is 0 Å². The normalized spacial score (nSPS) is 12.4. The first-order chi connectivity index (χ1) is 8.19. The van der Waals surface area contributed by atoms with E-state index < -0.39 is 6.04 Å². The molecular formula is C14H21NO2. The number of carbonyl (C=O) groups is 1. The van der Waals surface area contributed by atoms with Crippen LogP contribution in [0, 0.1) is 0 Å². The van der Waals surface area contributed by atoms with Crippen LogP contribution in [0.3, 0.4) is 0 Å². The fraction of sp³-hybridized carbons (Fsp3) is 0.500. The minimum absolute atomic E-state index is 0.0174. The number of hydrogen-bond donors (Lipinski definition) is 1. The van der Waals surface area contributed by atoms with Crippen molar-refractivity contribution in [3.8, 4) is 0 Å². The molecule has 0 bridgehead atoms. The van der Waals surface area contributed by atoms with Gasteiger partial charge in [0.2, 0.25) is 0 Å². The molecule has 0 saturated carbocycles. The Balaban J connectivity index is 2.55. The Morgan fingerprint density at radius 2 is 2.00 bits per heavy atom. The summed E-state index contributed by atoms with van der Waals surface area (Å²) >= 11 is 0. The number of hydrogen-bond acceptors (Lipinski definition) is 3. The average molecular weight is 235 g/mol. The second-order valence-corrected chi connectivity index (χ2v) is 4.16. The highest BCUT2D eigenvalue weighted by atomic mass is 16.5. The minimum Gasteiger partial charge on any atom is -0.385 e. The fourth-order valence-corrected chi connectivity index (χ4v) is 1.70. The first kappa shape index (κ1) is 13.9. The van der Waals surface area contributed by atoms with E-state index in [4.69, 9.17) is 10.5 Å². The second kappa shape index (κ2) is 7.20. The van der Waals surface area contributed by atoms with Crippen molar-refractivity contribution in [3.63, 3.8) is 0 Å². The van der Waals surface area contributed by atoms with Crippen molar-refractivity contribution in [3.05, 3.63) is 35.4 Å². The summed E-state index contributed by atoms with van der Waals surface area (Å²) < 4.78 is 4.94. The van der Waals surface area contributed by atoms with Crippen molar-refractivity contribution in [1.82, 2.24) is 0 Å². The van der Waals surface area contributed by atoms with E-state index in [0.29, 0.717) is 18.6 Å². The second-order valence-electron chi connectivity index (χ2n) is 4.16. The van der Waals surface area contributed by atoms with Crippen LogP contribution in [-0.4, -0.2) is 25.5 Å². The van der Waals surface area contributed by atoms with Crippen LogP contribution in [0.1, 0.15) is 35.7 Å². The first-order valence-corrected chi connectivity index (χ1v) is 6.06. The van der Waals surface area contributed by atoms with Gasteiger partial charge in [-0.15, -0.1) is 0 Å². The zero-order valence-corrected chi connectivity index (χ0v) is 10.6. The van der Waals surface area contributed by atoms with E-state index in [2.05, 4.69) is 6.92 Å². The van der Waals surface area contributed by atoms with Gasteiger partial charge in [0.1, 0.15) is 0 Å². The van der Waals surface area contributed by atoms with E-state index in [0.717, 1.165) is 12.8 Å². The zero-order valence-electron chi connectivity index (χ0n) is 10.6. The third-order valence-corrected chi connectivity index (χ3v) is 2.85. The lowest BCUT2D eigenvalue weighted by atomic mass is 9.99. The predicted molar refractivity (Wildman–Crippen MR) is 69.2 cm³/mol. The predicted octanol–water partition coefficient (Wildman–Crippen LogP) is 2.19. The monoisotopic (exact) mass is 235 g/mol. The molecule has 0 spiro atoms. The number of ether oxygens (including phenoxy) is 1. The van der Waals surface area contributed by atoms with E-state index >= 15 is 0 Å². The van der Waals surface area contributed by atoms with Crippen LogP contribution in [0.5, 0.6) is 0 Å². The Morgan fingerprint density at radius 1 is 1.35 bits per heavy atom. The maximum Gasteiger partial charge on any atom is 0.179 e. The van der Waals surface area contributed by atoms with Gasteiger partial charge in [0.25, 0.3) is 0 Å². The molecule has 3 heteroatoms. The summed E-state index contributed by atoms with van der Waals surface area (Å²) in [6.07, 6.45) is 2.47. The summed E-state index contributed by atoms with van der Waals surface area (Å²) in [7, 11) is 1.65. The number of carbonyl (C=O) groups excluding carboxylic acids is 1. The quantitative estimate of drug-likeness (QED) is 0.582. The molecule has 94 valence electrons. The summed E-state index contributed by atoms with van der Waals surface area (Å²) in [6.45, 7) is 2.74. The number of methoxy groups -OCH3 is 1. The van der Waals surface area contributed by atoms with Crippen LogP contribution in [0.15, 0.2) is 24.3 Å². The minimum atomic E-state index is -0.419. The van der Waals surface area contributed by atoms with Gasteiger partial charge in [-0.2, -0.15) is 0 Å². The van der Waals surface area contributed by atoms with Crippen LogP contribution in [0.2, 0.25) is 0 Å². The molecular weight excluding hydrogens is 214 g/mol. The number of benzene rings is 1. The molecule has 0 saturated heterocycles. The summed E-state index contributed by atoms with van der Waals surface area (Å²) in [6, 6.07) is 7.26. The molecule has 0 aromatic heterocycles. The van der Waals surface area contributed by atoms with Gasteiger partial charge in [-0.05, 0) is 24.8 Å². The van der Waals surface area contributed by atoms with Gasteiger partial charge in [0.15, 0.2) is 5.78 Å². The molecule has 1 aromatic rings. The number of Topliss-reactive ketones (excluding diaryl/α,β-unsaturated/α-hetero) is 1. The molecule has 1 atom stereocenters. The SMILES string of the molecule is CCc1ccc(C(=O)C(N)CCCOC)cc1. The van der Waals surface area contributed by atoms with E-state index in [-0.39, 0.29) is 5.78 Å². The van der Waals surface area contributed by atoms with Crippen LogP contribution in [0.25, 0.3) is 0 Å². The standard InChI is InChI=1S/C14H21NO2/c1-3-11-6-8-12(9-7-11)14(16)13(15)5-4-10-17-2/h6-9,13H,3-5,10,15H2,1-2H3. The Kier molecular flexibility index (Phi) is 5.87. The van der Waals surface area contributed by atoms with Gasteiger partial charge in [-0.3, -0.25) is 4.79 Å². The Labute approximate surface area is 103 Å². The molecule has 2 N–H and O–H groups in total. The number of nitrogens with two attached hydrogens (primary N) is 1. The molecule has 1 aromatic carbocycles. The largest absolute Gasteiger partial charge is 0.385 e. The van der Waals surface area contributed by atoms with Crippen molar-refractivity contribution >= 4 is 5.78 Å². The van der Waals surface area contributed by atoms with Gasteiger partial charge in [0.05, 0.1) is 6.04 Å². The molecule has 0 aliphatic carbocycles. The maximum absolute atomic E-state index is 12.0. The van der Waals surface area contributed by atoms with Gasteiger partial charge in [0, 0.05) is 19.3 Å². The molecule has 1 unspecified atom stereocenters. The summed E-state index contributed by atoms with van der Waals surface area (Å²) in [5.74, 6) is 0.0174. The molecule has 17 heavy (non-hydrogen) atoms. The third kappa shape index (κ3) is 4.29. The van der Waals surface area contributed by atoms with Crippen molar-refractivity contribution in [2.75, 3.05) is 13.7 Å². The molecule has 0 amide bonds.